The summed E-state index contributed by atoms with van der Waals surface area (Å²) >= 11 is 1.29. The summed E-state index contributed by atoms with van der Waals surface area (Å²) in [5, 5.41) is 0. The first-order valence-corrected chi connectivity index (χ1v) is 7.40. The van der Waals surface area contributed by atoms with Crippen LogP contribution in [0.5, 0.6) is 0 Å². The second kappa shape index (κ2) is 5.88. The van der Waals surface area contributed by atoms with E-state index in [0.29, 0.717) is 0 Å². The van der Waals surface area contributed by atoms with Gasteiger partial charge in [0.1, 0.15) is 0 Å². The maximum atomic E-state index is 12.0. The van der Waals surface area contributed by atoms with Crippen LogP contribution in [0.4, 0.5) is 0 Å². The smallest absolute Gasteiger partial charge is 0.257 e. The molecule has 2 aromatic carbocycles. The van der Waals surface area contributed by atoms with E-state index < -0.39 is 0 Å². The van der Waals surface area contributed by atoms with Gasteiger partial charge >= 0.3 is 0 Å². The molecule has 0 saturated heterocycles. The van der Waals surface area contributed by atoms with E-state index in [1.165, 1.54) is 17.1 Å². The van der Waals surface area contributed by atoms with Crippen LogP contribution in [0.3, 0.4) is 0 Å². The standard InChI is InChI=1S/C17H15NOS/c19-17-16(15-9-5-2-6-10-15)13-18(20-17)12-11-14-7-3-1-4-8-14/h1-10,13H,11-12H2. The van der Waals surface area contributed by atoms with E-state index in [1.54, 1.807) is 0 Å². The summed E-state index contributed by atoms with van der Waals surface area (Å²) in [6.07, 6.45) is 2.91. The van der Waals surface area contributed by atoms with Gasteiger partial charge in [-0.25, -0.2) is 0 Å². The molecule has 0 N–H and O–H groups in total. The van der Waals surface area contributed by atoms with E-state index in [1.807, 2.05) is 58.7 Å². The van der Waals surface area contributed by atoms with Crippen LogP contribution in [0.1, 0.15) is 5.56 Å². The van der Waals surface area contributed by atoms with Crippen molar-refractivity contribution in [1.29, 1.82) is 0 Å². The molecule has 0 radical (unpaired) electrons. The van der Waals surface area contributed by atoms with Gasteiger partial charge in [0.15, 0.2) is 0 Å². The summed E-state index contributed by atoms with van der Waals surface area (Å²) in [6, 6.07) is 20.2. The number of rotatable bonds is 4. The molecule has 1 aromatic heterocycles. The summed E-state index contributed by atoms with van der Waals surface area (Å²) in [7, 11) is 0. The maximum Gasteiger partial charge on any atom is 0.257 e. The molecule has 0 amide bonds. The van der Waals surface area contributed by atoms with Crippen molar-refractivity contribution in [1.82, 2.24) is 3.96 Å². The van der Waals surface area contributed by atoms with Gasteiger partial charge in [0.2, 0.25) is 0 Å². The van der Waals surface area contributed by atoms with Crippen molar-refractivity contribution in [2.75, 3.05) is 0 Å². The monoisotopic (exact) mass is 281 g/mol. The average molecular weight is 281 g/mol. The number of hydrogen-bond donors (Lipinski definition) is 0. The van der Waals surface area contributed by atoms with Gasteiger partial charge in [0.05, 0.1) is 5.56 Å². The fourth-order valence-electron chi connectivity index (χ4n) is 2.18. The van der Waals surface area contributed by atoms with Crippen molar-refractivity contribution in [3.8, 4) is 11.1 Å². The molecule has 1 heterocycles. The van der Waals surface area contributed by atoms with Crippen LogP contribution in [0.2, 0.25) is 0 Å². The predicted octanol–water partition coefficient (Wildman–Crippen LogP) is 3.82. The number of aryl methyl sites for hydroxylation is 2. The van der Waals surface area contributed by atoms with Crippen LogP contribution in [0, 0.1) is 0 Å². The van der Waals surface area contributed by atoms with Crippen molar-refractivity contribution in [2.24, 2.45) is 0 Å². The molecule has 0 fully saturated rings. The Bertz CT molecular complexity index is 728. The number of hydrogen-bond acceptors (Lipinski definition) is 2. The highest BCUT2D eigenvalue weighted by Crippen LogP contribution is 2.17. The Hall–Kier alpha value is -2.13. The summed E-state index contributed by atoms with van der Waals surface area (Å²) < 4.78 is 2.15. The summed E-state index contributed by atoms with van der Waals surface area (Å²) in [6.45, 7) is 0.844. The van der Waals surface area contributed by atoms with Crippen LogP contribution in [-0.4, -0.2) is 3.96 Å². The van der Waals surface area contributed by atoms with Gasteiger partial charge in [-0.1, -0.05) is 60.7 Å². The molecule has 0 unspecified atom stereocenters. The van der Waals surface area contributed by atoms with Crippen LogP contribution < -0.4 is 4.74 Å². The Balaban J connectivity index is 1.78. The van der Waals surface area contributed by atoms with Gasteiger partial charge in [-0.05, 0) is 29.1 Å². The van der Waals surface area contributed by atoms with E-state index in [2.05, 4.69) is 12.1 Å². The van der Waals surface area contributed by atoms with Gasteiger partial charge in [-0.15, -0.1) is 0 Å². The average Bonchev–Trinajstić information content (AvgIpc) is 2.88. The van der Waals surface area contributed by atoms with Crippen LogP contribution in [0.25, 0.3) is 11.1 Å². The fourth-order valence-corrected chi connectivity index (χ4v) is 3.01. The minimum atomic E-state index is 0.129. The van der Waals surface area contributed by atoms with E-state index in [9.17, 15) is 4.79 Å². The molecule has 2 nitrogen and oxygen atoms in total. The molecule has 0 spiro atoms. The number of nitrogens with zero attached hydrogens (tertiary/aromatic N) is 1. The first-order valence-electron chi connectivity index (χ1n) is 6.63. The molecular formula is C17H15NOS. The highest BCUT2D eigenvalue weighted by atomic mass is 32.1. The topological polar surface area (TPSA) is 22.0 Å². The van der Waals surface area contributed by atoms with E-state index in [-0.39, 0.29) is 4.74 Å². The van der Waals surface area contributed by atoms with E-state index in [4.69, 9.17) is 0 Å². The molecule has 0 atom stereocenters. The lowest BCUT2D eigenvalue weighted by Gasteiger charge is -2.01. The molecule has 3 rings (SSSR count). The zero-order valence-electron chi connectivity index (χ0n) is 11.0. The fraction of sp³-hybridized carbons (Fsp3) is 0.118. The highest BCUT2D eigenvalue weighted by Gasteiger charge is 2.07. The van der Waals surface area contributed by atoms with Crippen molar-refractivity contribution < 1.29 is 0 Å². The second-order valence-corrected chi connectivity index (χ2v) is 5.69. The van der Waals surface area contributed by atoms with E-state index >= 15 is 0 Å². The van der Waals surface area contributed by atoms with Crippen LogP contribution in [0.15, 0.2) is 71.7 Å². The Morgan fingerprint density at radius 3 is 2.25 bits per heavy atom. The molecule has 0 aliphatic rings. The lowest BCUT2D eigenvalue weighted by Crippen LogP contribution is -1.96. The first-order chi connectivity index (χ1) is 9.83. The van der Waals surface area contributed by atoms with Gasteiger partial charge in [-0.3, -0.25) is 4.79 Å². The lowest BCUT2D eigenvalue weighted by atomic mass is 10.1. The molecule has 0 aliphatic carbocycles. The molecule has 20 heavy (non-hydrogen) atoms. The normalized spacial score (nSPS) is 10.6. The number of aromatic nitrogens is 1. The predicted molar refractivity (Wildman–Crippen MR) is 84.2 cm³/mol. The van der Waals surface area contributed by atoms with Crippen LogP contribution >= 0.6 is 11.5 Å². The molecule has 0 aliphatic heterocycles. The molecule has 0 saturated carbocycles. The van der Waals surface area contributed by atoms with Gasteiger partial charge in [0.25, 0.3) is 4.74 Å². The molecule has 0 bridgehead atoms. The third kappa shape index (κ3) is 2.89. The molecule has 3 heteroatoms. The molecule has 3 aromatic rings. The first kappa shape index (κ1) is 12.9. The summed E-state index contributed by atoms with van der Waals surface area (Å²) in [5.41, 5.74) is 3.08. The zero-order chi connectivity index (χ0) is 13.8. The Labute approximate surface area is 122 Å². The van der Waals surface area contributed by atoms with Crippen molar-refractivity contribution >= 4 is 11.5 Å². The Morgan fingerprint density at radius 1 is 0.900 bits per heavy atom. The molecule has 100 valence electrons. The second-order valence-electron chi connectivity index (χ2n) is 4.66. The van der Waals surface area contributed by atoms with Gasteiger partial charge in [0, 0.05) is 12.7 Å². The SMILES string of the molecule is O=c1sn(CCc2ccccc2)cc1-c1ccccc1. The minimum Gasteiger partial charge on any atom is -0.301 e. The highest BCUT2D eigenvalue weighted by molar-refractivity contribution is 7.04. The third-order valence-corrected chi connectivity index (χ3v) is 4.15. The summed E-state index contributed by atoms with van der Waals surface area (Å²) in [4.78, 5) is 12.0. The third-order valence-electron chi connectivity index (χ3n) is 3.24. The quantitative estimate of drug-likeness (QED) is 0.712. The van der Waals surface area contributed by atoms with Crippen molar-refractivity contribution in [3.63, 3.8) is 0 Å². The minimum absolute atomic E-state index is 0.129. The van der Waals surface area contributed by atoms with Crippen LogP contribution in [-0.2, 0) is 13.0 Å². The molecular weight excluding hydrogens is 266 g/mol. The number of benzene rings is 2. The van der Waals surface area contributed by atoms with Crippen molar-refractivity contribution in [3.05, 3.63) is 82.0 Å². The largest absolute Gasteiger partial charge is 0.301 e. The Morgan fingerprint density at radius 2 is 1.55 bits per heavy atom. The maximum absolute atomic E-state index is 12.0. The Kier molecular flexibility index (Phi) is 3.79. The van der Waals surface area contributed by atoms with E-state index in [0.717, 1.165) is 24.1 Å². The zero-order valence-corrected chi connectivity index (χ0v) is 11.8. The van der Waals surface area contributed by atoms with Crippen molar-refractivity contribution in [2.45, 2.75) is 13.0 Å². The van der Waals surface area contributed by atoms with Gasteiger partial charge in [-0.2, -0.15) is 0 Å². The van der Waals surface area contributed by atoms with Gasteiger partial charge < -0.3 is 3.96 Å². The summed E-state index contributed by atoms with van der Waals surface area (Å²) in [5.74, 6) is 0. The lowest BCUT2D eigenvalue weighted by molar-refractivity contribution is 0.754.